The minimum atomic E-state index is -1.05. The topological polar surface area (TPSA) is 34.1 Å². The van der Waals surface area contributed by atoms with Gasteiger partial charge in [-0.25, -0.2) is 0 Å². The van der Waals surface area contributed by atoms with Gasteiger partial charge in [0, 0.05) is 27.5 Å². The number of Topliss-reactive ketones (excluding diaryl/α,β-unsaturated/α-hetero) is 1. The molecule has 0 spiro atoms. The van der Waals surface area contributed by atoms with Gasteiger partial charge in [0.25, 0.3) is 0 Å². The highest BCUT2D eigenvalue weighted by molar-refractivity contribution is 9.10. The molecule has 1 aliphatic carbocycles. The van der Waals surface area contributed by atoms with E-state index in [0.29, 0.717) is 12.8 Å². The summed E-state index contributed by atoms with van der Waals surface area (Å²) in [5.41, 5.74) is 0. The van der Waals surface area contributed by atoms with Gasteiger partial charge >= 0.3 is 0 Å². The molecule has 1 aromatic rings. The fourth-order valence-electron chi connectivity index (χ4n) is 1.95. The van der Waals surface area contributed by atoms with E-state index in [2.05, 4.69) is 15.9 Å². The maximum absolute atomic E-state index is 12.2. The molecule has 0 bridgehead atoms. The van der Waals surface area contributed by atoms with Crippen molar-refractivity contribution >= 4 is 32.5 Å². The molecule has 0 amide bonds. The van der Waals surface area contributed by atoms with Gasteiger partial charge in [-0.2, -0.15) is 0 Å². The van der Waals surface area contributed by atoms with Crippen LogP contribution in [-0.2, 0) is 15.6 Å². The normalized spacial score (nSPS) is 23.1. The Kier molecular flexibility index (Phi) is 3.92. The van der Waals surface area contributed by atoms with Crippen molar-refractivity contribution in [3.05, 3.63) is 28.7 Å². The summed E-state index contributed by atoms with van der Waals surface area (Å²) in [6, 6.07) is 7.52. The second-order valence-corrected chi connectivity index (χ2v) is 6.66. The summed E-state index contributed by atoms with van der Waals surface area (Å²) in [4.78, 5) is 12.1. The summed E-state index contributed by atoms with van der Waals surface area (Å²) in [6.45, 7) is 0. The first-order chi connectivity index (χ1) is 7.66. The third-order valence-electron chi connectivity index (χ3n) is 2.77. The van der Waals surface area contributed by atoms with E-state index in [9.17, 15) is 9.00 Å². The summed E-state index contributed by atoms with van der Waals surface area (Å²) < 4.78 is 13.2. The standard InChI is InChI=1S/C12H13BrO2S/c13-9-3-1-5-11(7-9)16(15)12-6-2-4-10(14)8-12/h1,3,5,7,12H,2,4,6,8H2. The van der Waals surface area contributed by atoms with E-state index in [1.807, 2.05) is 24.3 Å². The molecule has 1 aromatic carbocycles. The largest absolute Gasteiger partial charge is 0.300 e. The first kappa shape index (κ1) is 12.0. The molecular formula is C12H13BrO2S. The van der Waals surface area contributed by atoms with E-state index in [4.69, 9.17) is 0 Å². The number of halogens is 1. The molecule has 0 saturated heterocycles. The highest BCUT2D eigenvalue weighted by Crippen LogP contribution is 2.25. The fraction of sp³-hybridized carbons (Fsp3) is 0.417. The lowest BCUT2D eigenvalue weighted by molar-refractivity contribution is -0.120. The van der Waals surface area contributed by atoms with Crippen molar-refractivity contribution in [2.45, 2.75) is 35.8 Å². The van der Waals surface area contributed by atoms with Gasteiger partial charge < -0.3 is 0 Å². The van der Waals surface area contributed by atoms with Gasteiger partial charge in [0.2, 0.25) is 0 Å². The van der Waals surface area contributed by atoms with Crippen LogP contribution in [-0.4, -0.2) is 15.2 Å². The van der Waals surface area contributed by atoms with E-state index in [1.165, 1.54) is 0 Å². The lowest BCUT2D eigenvalue weighted by Crippen LogP contribution is -2.24. The van der Waals surface area contributed by atoms with Crippen LogP contribution < -0.4 is 0 Å². The van der Waals surface area contributed by atoms with Gasteiger partial charge in [0.1, 0.15) is 5.78 Å². The fourth-order valence-corrected chi connectivity index (χ4v) is 4.06. The maximum atomic E-state index is 12.2. The first-order valence-electron chi connectivity index (χ1n) is 5.34. The van der Waals surface area contributed by atoms with Crippen LogP contribution in [0.5, 0.6) is 0 Å². The van der Waals surface area contributed by atoms with Gasteiger partial charge in [-0.05, 0) is 31.0 Å². The number of rotatable bonds is 2. The van der Waals surface area contributed by atoms with Gasteiger partial charge in [0.05, 0.1) is 10.8 Å². The van der Waals surface area contributed by atoms with Crippen LogP contribution in [0.4, 0.5) is 0 Å². The average Bonchev–Trinajstić information content (AvgIpc) is 2.28. The van der Waals surface area contributed by atoms with Crippen molar-refractivity contribution in [3.8, 4) is 0 Å². The Labute approximate surface area is 106 Å². The summed E-state index contributed by atoms with van der Waals surface area (Å²) in [6.07, 6.45) is 2.90. The Morgan fingerprint density at radius 1 is 1.38 bits per heavy atom. The smallest absolute Gasteiger partial charge is 0.134 e. The van der Waals surface area contributed by atoms with Gasteiger partial charge in [-0.15, -0.1) is 0 Å². The second-order valence-electron chi connectivity index (χ2n) is 4.01. The highest BCUT2D eigenvalue weighted by Gasteiger charge is 2.25. The Hall–Kier alpha value is -0.480. The molecule has 16 heavy (non-hydrogen) atoms. The molecule has 0 aromatic heterocycles. The average molecular weight is 301 g/mol. The van der Waals surface area contributed by atoms with Crippen LogP contribution in [0.15, 0.2) is 33.6 Å². The van der Waals surface area contributed by atoms with Crippen LogP contribution in [0.3, 0.4) is 0 Å². The molecule has 86 valence electrons. The molecule has 1 fully saturated rings. The molecule has 1 aliphatic rings. The van der Waals surface area contributed by atoms with E-state index in [-0.39, 0.29) is 11.0 Å². The molecule has 0 radical (unpaired) electrons. The minimum Gasteiger partial charge on any atom is -0.300 e. The van der Waals surface area contributed by atoms with Crippen molar-refractivity contribution in [1.29, 1.82) is 0 Å². The summed E-state index contributed by atoms with van der Waals surface area (Å²) in [5.74, 6) is 0.250. The van der Waals surface area contributed by atoms with E-state index in [0.717, 1.165) is 22.2 Å². The zero-order valence-corrected chi connectivity index (χ0v) is 11.2. The number of carbonyl (C=O) groups excluding carboxylic acids is 1. The number of hydrogen-bond donors (Lipinski definition) is 0. The van der Waals surface area contributed by atoms with Crippen LogP contribution in [0.25, 0.3) is 0 Å². The molecular weight excluding hydrogens is 288 g/mol. The van der Waals surface area contributed by atoms with Gasteiger partial charge in [-0.1, -0.05) is 22.0 Å². The molecule has 0 heterocycles. The lowest BCUT2D eigenvalue weighted by Gasteiger charge is -2.20. The minimum absolute atomic E-state index is 0.00977. The molecule has 2 unspecified atom stereocenters. The molecule has 4 heteroatoms. The number of benzene rings is 1. The molecule has 2 nitrogen and oxygen atoms in total. The Morgan fingerprint density at radius 2 is 2.19 bits per heavy atom. The van der Waals surface area contributed by atoms with Gasteiger partial charge in [-0.3, -0.25) is 9.00 Å². The van der Waals surface area contributed by atoms with E-state index in [1.54, 1.807) is 0 Å². The van der Waals surface area contributed by atoms with Crippen molar-refractivity contribution < 1.29 is 9.00 Å². The number of ketones is 1. The van der Waals surface area contributed by atoms with Gasteiger partial charge in [0.15, 0.2) is 0 Å². The number of carbonyl (C=O) groups is 1. The van der Waals surface area contributed by atoms with Crippen molar-refractivity contribution in [2.75, 3.05) is 0 Å². The van der Waals surface area contributed by atoms with Crippen LogP contribution >= 0.6 is 15.9 Å². The van der Waals surface area contributed by atoms with Crippen molar-refractivity contribution in [1.82, 2.24) is 0 Å². The highest BCUT2D eigenvalue weighted by atomic mass is 79.9. The molecule has 2 atom stereocenters. The predicted octanol–water partition coefficient (Wildman–Crippen LogP) is 3.07. The Bertz CT molecular complexity index is 431. The summed E-state index contributed by atoms with van der Waals surface area (Å²) in [7, 11) is -1.05. The zero-order chi connectivity index (χ0) is 11.5. The maximum Gasteiger partial charge on any atom is 0.134 e. The number of hydrogen-bond acceptors (Lipinski definition) is 2. The van der Waals surface area contributed by atoms with Crippen molar-refractivity contribution in [2.24, 2.45) is 0 Å². The SMILES string of the molecule is O=C1CCCC(S(=O)c2cccc(Br)c2)C1. The molecule has 0 aliphatic heterocycles. The van der Waals surface area contributed by atoms with Crippen molar-refractivity contribution in [3.63, 3.8) is 0 Å². The third kappa shape index (κ3) is 2.80. The molecule has 2 rings (SSSR count). The predicted molar refractivity (Wildman–Crippen MR) is 67.8 cm³/mol. The molecule has 0 N–H and O–H groups in total. The monoisotopic (exact) mass is 300 g/mol. The molecule has 1 saturated carbocycles. The van der Waals surface area contributed by atoms with Crippen LogP contribution in [0.2, 0.25) is 0 Å². The Balaban J connectivity index is 2.15. The quantitative estimate of drug-likeness (QED) is 0.841. The van der Waals surface area contributed by atoms with E-state index < -0.39 is 10.8 Å². The van der Waals surface area contributed by atoms with E-state index >= 15 is 0 Å². The van der Waals surface area contributed by atoms with Crippen LogP contribution in [0.1, 0.15) is 25.7 Å². The third-order valence-corrected chi connectivity index (χ3v) is 4.99. The zero-order valence-electron chi connectivity index (χ0n) is 8.82. The first-order valence-corrected chi connectivity index (χ1v) is 7.35. The summed E-state index contributed by atoms with van der Waals surface area (Å²) >= 11 is 3.36. The summed E-state index contributed by atoms with van der Waals surface area (Å²) in [5, 5.41) is 0.00977. The van der Waals surface area contributed by atoms with Crippen LogP contribution in [0, 0.1) is 0 Å². The Morgan fingerprint density at radius 3 is 2.88 bits per heavy atom. The lowest BCUT2D eigenvalue weighted by atomic mass is 9.99. The second kappa shape index (κ2) is 5.23.